The second-order valence-electron chi connectivity index (χ2n) is 5.56. The summed E-state index contributed by atoms with van der Waals surface area (Å²) in [5.74, 6) is -0.323. The Hall–Kier alpha value is -2.76. The van der Waals surface area contributed by atoms with Crippen LogP contribution in [0.3, 0.4) is 0 Å². The van der Waals surface area contributed by atoms with E-state index in [4.69, 9.17) is 4.42 Å². The monoisotopic (exact) mass is 330 g/mol. The van der Waals surface area contributed by atoms with Crippen molar-refractivity contribution in [2.24, 2.45) is 0 Å². The van der Waals surface area contributed by atoms with Crippen molar-refractivity contribution in [1.82, 2.24) is 10.2 Å². The summed E-state index contributed by atoms with van der Waals surface area (Å²) in [4.78, 5) is 26.3. The smallest absolute Gasteiger partial charge is 0.287 e. The summed E-state index contributed by atoms with van der Waals surface area (Å²) in [5, 5.41) is 12.5. The number of phenolic OH excluding ortho intramolecular Hbond substituents is 1. The highest BCUT2D eigenvalue weighted by atomic mass is 16.3. The SMILES string of the molecule is CCCN(Cc1ccccc1O)C(=O)[C@@H](C)NC(=O)c1ccco1. The van der Waals surface area contributed by atoms with Gasteiger partial charge in [0.15, 0.2) is 5.76 Å². The van der Waals surface area contributed by atoms with Crippen LogP contribution >= 0.6 is 0 Å². The number of rotatable bonds is 7. The van der Waals surface area contributed by atoms with Gasteiger partial charge in [0.2, 0.25) is 5.91 Å². The average Bonchev–Trinajstić information content (AvgIpc) is 3.10. The number of para-hydroxylation sites is 1. The Kier molecular flexibility index (Phi) is 6.01. The summed E-state index contributed by atoms with van der Waals surface area (Å²) in [6.45, 7) is 4.43. The molecule has 0 bridgehead atoms. The molecule has 0 fully saturated rings. The van der Waals surface area contributed by atoms with Gasteiger partial charge in [0.25, 0.3) is 5.91 Å². The fourth-order valence-electron chi connectivity index (χ4n) is 2.40. The molecule has 2 aromatic rings. The van der Waals surface area contributed by atoms with Gasteiger partial charge >= 0.3 is 0 Å². The van der Waals surface area contributed by atoms with E-state index < -0.39 is 11.9 Å². The molecule has 1 atom stereocenters. The zero-order valence-electron chi connectivity index (χ0n) is 13.9. The van der Waals surface area contributed by atoms with Crippen molar-refractivity contribution in [1.29, 1.82) is 0 Å². The Balaban J connectivity index is 2.05. The van der Waals surface area contributed by atoms with E-state index in [0.717, 1.165) is 6.42 Å². The highest BCUT2D eigenvalue weighted by molar-refractivity contribution is 5.95. The van der Waals surface area contributed by atoms with Crippen molar-refractivity contribution in [3.8, 4) is 5.75 Å². The van der Waals surface area contributed by atoms with Gasteiger partial charge in [-0.15, -0.1) is 0 Å². The third kappa shape index (κ3) is 4.38. The number of furan rings is 1. The molecule has 2 rings (SSSR count). The number of benzene rings is 1. The quantitative estimate of drug-likeness (QED) is 0.817. The van der Waals surface area contributed by atoms with Gasteiger partial charge in [-0.1, -0.05) is 25.1 Å². The Bertz CT molecular complexity index is 682. The molecule has 0 aliphatic rings. The number of carbonyl (C=O) groups is 2. The van der Waals surface area contributed by atoms with Crippen LogP contribution in [-0.2, 0) is 11.3 Å². The molecule has 1 aromatic heterocycles. The van der Waals surface area contributed by atoms with Crippen LogP contribution < -0.4 is 5.32 Å². The van der Waals surface area contributed by atoms with Crippen LogP contribution in [0.15, 0.2) is 47.1 Å². The molecule has 24 heavy (non-hydrogen) atoms. The molecular formula is C18H22N2O4. The predicted octanol–water partition coefficient (Wildman–Crippen LogP) is 2.54. The first-order valence-electron chi connectivity index (χ1n) is 7.93. The van der Waals surface area contributed by atoms with Gasteiger partial charge in [0.05, 0.1) is 6.26 Å². The lowest BCUT2D eigenvalue weighted by atomic mass is 10.1. The summed E-state index contributed by atoms with van der Waals surface area (Å²) in [6.07, 6.45) is 2.18. The number of carbonyl (C=O) groups excluding carboxylic acids is 2. The number of aromatic hydroxyl groups is 1. The lowest BCUT2D eigenvalue weighted by Gasteiger charge is -2.26. The summed E-state index contributed by atoms with van der Waals surface area (Å²) in [5.41, 5.74) is 0.670. The van der Waals surface area contributed by atoms with E-state index in [-0.39, 0.29) is 17.4 Å². The molecule has 6 nitrogen and oxygen atoms in total. The summed E-state index contributed by atoms with van der Waals surface area (Å²) < 4.78 is 5.03. The van der Waals surface area contributed by atoms with Gasteiger partial charge in [-0.25, -0.2) is 0 Å². The van der Waals surface area contributed by atoms with Crippen molar-refractivity contribution < 1.29 is 19.1 Å². The Morgan fingerprint density at radius 3 is 2.62 bits per heavy atom. The van der Waals surface area contributed by atoms with E-state index in [9.17, 15) is 14.7 Å². The summed E-state index contributed by atoms with van der Waals surface area (Å²) >= 11 is 0. The first-order chi connectivity index (χ1) is 11.5. The number of phenols is 1. The van der Waals surface area contributed by atoms with E-state index in [0.29, 0.717) is 18.7 Å². The van der Waals surface area contributed by atoms with E-state index in [2.05, 4.69) is 5.32 Å². The van der Waals surface area contributed by atoms with E-state index in [1.165, 1.54) is 6.26 Å². The molecule has 0 radical (unpaired) electrons. The number of nitrogens with zero attached hydrogens (tertiary/aromatic N) is 1. The zero-order chi connectivity index (χ0) is 17.5. The van der Waals surface area contributed by atoms with Crippen LogP contribution in [0.25, 0.3) is 0 Å². The molecule has 0 saturated heterocycles. The molecule has 0 unspecified atom stereocenters. The second kappa shape index (κ2) is 8.19. The second-order valence-corrected chi connectivity index (χ2v) is 5.56. The number of nitrogens with one attached hydrogen (secondary N) is 1. The van der Waals surface area contributed by atoms with Gasteiger partial charge < -0.3 is 19.7 Å². The molecule has 0 spiro atoms. The largest absolute Gasteiger partial charge is 0.508 e. The number of hydrogen-bond acceptors (Lipinski definition) is 4. The van der Waals surface area contributed by atoms with Crippen LogP contribution in [0.1, 0.15) is 36.4 Å². The van der Waals surface area contributed by atoms with Crippen LogP contribution in [-0.4, -0.2) is 34.4 Å². The van der Waals surface area contributed by atoms with Gasteiger partial charge in [-0.3, -0.25) is 9.59 Å². The minimum absolute atomic E-state index is 0.152. The standard InChI is InChI=1S/C18H22N2O4/c1-3-10-20(12-14-7-4-5-8-15(14)21)18(23)13(2)19-17(22)16-9-6-11-24-16/h4-9,11,13,21H,3,10,12H2,1-2H3,(H,19,22)/t13-/m1/s1. The Morgan fingerprint density at radius 1 is 1.25 bits per heavy atom. The average molecular weight is 330 g/mol. The first-order valence-corrected chi connectivity index (χ1v) is 7.93. The first kappa shape index (κ1) is 17.6. The molecular weight excluding hydrogens is 308 g/mol. The van der Waals surface area contributed by atoms with Gasteiger partial charge in [-0.2, -0.15) is 0 Å². The normalized spacial score (nSPS) is 11.8. The van der Waals surface area contributed by atoms with Crippen LogP contribution in [0.2, 0.25) is 0 Å². The molecule has 0 aliphatic carbocycles. The van der Waals surface area contributed by atoms with Crippen molar-refractivity contribution >= 4 is 11.8 Å². The van der Waals surface area contributed by atoms with Gasteiger partial charge in [-0.05, 0) is 31.5 Å². The van der Waals surface area contributed by atoms with Crippen molar-refractivity contribution in [3.63, 3.8) is 0 Å². The number of amides is 2. The van der Waals surface area contributed by atoms with E-state index in [1.54, 1.807) is 42.2 Å². The fraction of sp³-hybridized carbons (Fsp3) is 0.333. The maximum Gasteiger partial charge on any atom is 0.287 e. The van der Waals surface area contributed by atoms with E-state index >= 15 is 0 Å². The molecule has 1 aromatic carbocycles. The highest BCUT2D eigenvalue weighted by Crippen LogP contribution is 2.18. The molecule has 2 amide bonds. The van der Waals surface area contributed by atoms with Crippen LogP contribution in [0, 0.1) is 0 Å². The Labute approximate surface area is 141 Å². The fourth-order valence-corrected chi connectivity index (χ4v) is 2.40. The van der Waals surface area contributed by atoms with Gasteiger partial charge in [0.1, 0.15) is 11.8 Å². The zero-order valence-corrected chi connectivity index (χ0v) is 13.9. The maximum absolute atomic E-state index is 12.7. The molecule has 2 N–H and O–H groups in total. The van der Waals surface area contributed by atoms with Crippen LogP contribution in [0.4, 0.5) is 0 Å². The summed E-state index contributed by atoms with van der Waals surface area (Å²) in [6, 6.07) is 9.37. The lowest BCUT2D eigenvalue weighted by Crippen LogP contribution is -2.46. The minimum Gasteiger partial charge on any atom is -0.508 e. The van der Waals surface area contributed by atoms with Crippen molar-refractivity contribution in [3.05, 3.63) is 54.0 Å². The molecule has 0 saturated carbocycles. The third-order valence-corrected chi connectivity index (χ3v) is 3.62. The van der Waals surface area contributed by atoms with Crippen molar-refractivity contribution in [2.75, 3.05) is 6.54 Å². The van der Waals surface area contributed by atoms with Crippen molar-refractivity contribution in [2.45, 2.75) is 32.9 Å². The number of hydrogen-bond donors (Lipinski definition) is 2. The predicted molar refractivity (Wildman–Crippen MR) is 89.5 cm³/mol. The lowest BCUT2D eigenvalue weighted by molar-refractivity contribution is -0.133. The van der Waals surface area contributed by atoms with Gasteiger partial charge in [0, 0.05) is 18.7 Å². The molecule has 0 aliphatic heterocycles. The topological polar surface area (TPSA) is 82.8 Å². The van der Waals surface area contributed by atoms with Crippen LogP contribution in [0.5, 0.6) is 5.75 Å². The van der Waals surface area contributed by atoms with E-state index in [1.807, 2.05) is 13.0 Å². The highest BCUT2D eigenvalue weighted by Gasteiger charge is 2.23. The summed E-state index contributed by atoms with van der Waals surface area (Å²) in [7, 11) is 0. The third-order valence-electron chi connectivity index (χ3n) is 3.62. The minimum atomic E-state index is -0.694. The molecule has 128 valence electrons. The maximum atomic E-state index is 12.7. The Morgan fingerprint density at radius 2 is 2.00 bits per heavy atom. The molecule has 6 heteroatoms. The molecule has 1 heterocycles.